The highest BCUT2D eigenvalue weighted by molar-refractivity contribution is 6.32. The van der Waals surface area contributed by atoms with Gasteiger partial charge in [-0.25, -0.2) is 4.79 Å². The number of aromatic nitrogens is 2. The Morgan fingerprint density at radius 2 is 1.90 bits per heavy atom. The predicted molar refractivity (Wildman–Crippen MR) is 78.5 cm³/mol. The van der Waals surface area contributed by atoms with Crippen LogP contribution < -0.4 is 9.47 Å². The third-order valence-corrected chi connectivity index (χ3v) is 3.60. The maximum atomic E-state index is 11.0. The second kappa shape index (κ2) is 5.65. The van der Waals surface area contributed by atoms with Gasteiger partial charge in [-0.1, -0.05) is 11.6 Å². The Labute approximate surface area is 126 Å². The van der Waals surface area contributed by atoms with Crippen molar-refractivity contribution >= 4 is 17.6 Å². The highest BCUT2D eigenvalue weighted by Crippen LogP contribution is 2.43. The Hall–Kier alpha value is -2.21. The fourth-order valence-electron chi connectivity index (χ4n) is 2.16. The van der Waals surface area contributed by atoms with Gasteiger partial charge >= 0.3 is 5.97 Å². The van der Waals surface area contributed by atoms with E-state index in [-0.39, 0.29) is 5.69 Å². The lowest BCUT2D eigenvalue weighted by molar-refractivity contribution is 0.0689. The molecule has 2 rings (SSSR count). The molecule has 0 atom stereocenters. The number of benzene rings is 1. The average molecular weight is 311 g/mol. The predicted octanol–water partition coefficient (Wildman–Crippen LogP) is 2.76. The van der Waals surface area contributed by atoms with Crippen molar-refractivity contribution in [2.75, 3.05) is 14.2 Å². The minimum absolute atomic E-state index is 0.0507. The monoisotopic (exact) mass is 310 g/mol. The van der Waals surface area contributed by atoms with Crippen LogP contribution in [0.2, 0.25) is 5.02 Å². The van der Waals surface area contributed by atoms with Crippen molar-refractivity contribution in [3.8, 4) is 22.8 Å². The Bertz CT molecular complexity index is 709. The number of hydrogen-bond donors (Lipinski definition) is 1. The Morgan fingerprint density at radius 3 is 2.38 bits per heavy atom. The van der Waals surface area contributed by atoms with Crippen LogP contribution in [0.5, 0.6) is 11.5 Å². The number of ether oxygens (including phenoxy) is 2. The molecular weight excluding hydrogens is 296 g/mol. The van der Waals surface area contributed by atoms with Crippen molar-refractivity contribution in [3.63, 3.8) is 0 Å². The summed E-state index contributed by atoms with van der Waals surface area (Å²) in [4.78, 5) is 11.0. The number of halogens is 1. The number of carboxylic acids is 1. The lowest BCUT2D eigenvalue weighted by atomic mass is 10.1. The summed E-state index contributed by atoms with van der Waals surface area (Å²) in [6, 6.07) is 3.17. The number of nitrogens with zero attached hydrogens (tertiary/aromatic N) is 2. The van der Waals surface area contributed by atoms with Crippen molar-refractivity contribution in [2.24, 2.45) is 7.05 Å². The smallest absolute Gasteiger partial charge is 0.356 e. The topological polar surface area (TPSA) is 73.6 Å². The molecule has 0 saturated heterocycles. The molecule has 7 heteroatoms. The van der Waals surface area contributed by atoms with E-state index in [0.717, 1.165) is 5.56 Å². The third-order valence-electron chi connectivity index (χ3n) is 3.20. The largest absolute Gasteiger partial charge is 0.493 e. The minimum atomic E-state index is -1.10. The molecule has 21 heavy (non-hydrogen) atoms. The van der Waals surface area contributed by atoms with Gasteiger partial charge in [0.2, 0.25) is 0 Å². The van der Waals surface area contributed by atoms with Crippen LogP contribution in [-0.4, -0.2) is 35.1 Å². The summed E-state index contributed by atoms with van der Waals surface area (Å²) in [6.45, 7) is 1.82. The summed E-state index contributed by atoms with van der Waals surface area (Å²) < 4.78 is 12.2. The molecule has 0 fully saturated rings. The van der Waals surface area contributed by atoms with Crippen LogP contribution in [-0.2, 0) is 7.05 Å². The van der Waals surface area contributed by atoms with Crippen molar-refractivity contribution in [2.45, 2.75) is 6.92 Å². The molecule has 1 aromatic heterocycles. The number of rotatable bonds is 4. The molecule has 1 N–H and O–H groups in total. The molecule has 1 heterocycles. The molecular formula is C14H15ClN2O4. The maximum Gasteiger partial charge on any atom is 0.356 e. The molecule has 0 aliphatic heterocycles. The van der Waals surface area contributed by atoms with E-state index in [1.807, 2.05) is 6.92 Å². The highest BCUT2D eigenvalue weighted by Gasteiger charge is 2.21. The van der Waals surface area contributed by atoms with E-state index in [1.165, 1.54) is 25.0 Å². The molecule has 0 unspecified atom stereocenters. The highest BCUT2D eigenvalue weighted by atomic mass is 35.5. The minimum Gasteiger partial charge on any atom is -0.493 e. The van der Waals surface area contributed by atoms with Gasteiger partial charge in [0, 0.05) is 23.2 Å². The summed E-state index contributed by atoms with van der Waals surface area (Å²) in [5.41, 5.74) is 1.89. The molecule has 0 aliphatic carbocycles. The molecule has 0 radical (unpaired) electrons. The summed E-state index contributed by atoms with van der Waals surface area (Å²) in [5.74, 6) is -0.0987. The van der Waals surface area contributed by atoms with Crippen LogP contribution in [0.1, 0.15) is 16.1 Å². The van der Waals surface area contributed by atoms with Crippen molar-refractivity contribution < 1.29 is 19.4 Å². The van der Waals surface area contributed by atoms with Gasteiger partial charge in [0.25, 0.3) is 0 Å². The van der Waals surface area contributed by atoms with Crippen molar-refractivity contribution in [1.29, 1.82) is 0 Å². The normalized spacial score (nSPS) is 10.5. The van der Waals surface area contributed by atoms with E-state index in [1.54, 1.807) is 13.1 Å². The van der Waals surface area contributed by atoms with Crippen molar-refractivity contribution in [1.82, 2.24) is 9.78 Å². The number of hydrogen-bond acceptors (Lipinski definition) is 4. The Morgan fingerprint density at radius 1 is 1.29 bits per heavy atom. The molecule has 1 aromatic carbocycles. The van der Waals surface area contributed by atoms with Gasteiger partial charge in [0.05, 0.1) is 19.9 Å². The summed E-state index contributed by atoms with van der Waals surface area (Å²) in [5, 5.41) is 13.5. The summed E-state index contributed by atoms with van der Waals surface area (Å²) in [6.07, 6.45) is 0. The first kappa shape index (κ1) is 15.2. The number of carbonyl (C=O) groups is 1. The van der Waals surface area contributed by atoms with Crippen molar-refractivity contribution in [3.05, 3.63) is 28.4 Å². The summed E-state index contributed by atoms with van der Waals surface area (Å²) in [7, 11) is 4.70. The quantitative estimate of drug-likeness (QED) is 0.940. The van der Waals surface area contributed by atoms with E-state index in [9.17, 15) is 4.79 Å². The fourth-order valence-corrected chi connectivity index (χ4v) is 2.36. The van der Waals surface area contributed by atoms with Crippen LogP contribution >= 0.6 is 11.6 Å². The van der Waals surface area contributed by atoms with Gasteiger partial charge in [0.15, 0.2) is 17.2 Å². The number of aromatic carboxylic acids is 1. The van der Waals surface area contributed by atoms with Crippen LogP contribution in [0, 0.1) is 6.92 Å². The zero-order valence-corrected chi connectivity index (χ0v) is 12.9. The third kappa shape index (κ3) is 2.54. The van der Waals surface area contributed by atoms with Gasteiger partial charge < -0.3 is 14.6 Å². The number of carboxylic acid groups (broad SMARTS) is 1. The van der Waals surface area contributed by atoms with Gasteiger partial charge in [-0.15, -0.1) is 0 Å². The fraction of sp³-hybridized carbons (Fsp3) is 0.286. The van der Waals surface area contributed by atoms with E-state index in [4.69, 9.17) is 26.2 Å². The SMILES string of the molecule is COc1c(-c2cc(C(=O)O)nn2C)cc(Cl)c(C)c1OC. The Kier molecular flexibility index (Phi) is 4.09. The molecule has 0 spiro atoms. The van der Waals surface area contributed by atoms with Gasteiger partial charge in [-0.05, 0) is 19.1 Å². The summed E-state index contributed by atoms with van der Waals surface area (Å²) >= 11 is 6.22. The second-order valence-corrected chi connectivity index (χ2v) is 4.85. The van der Waals surface area contributed by atoms with E-state index < -0.39 is 5.97 Å². The van der Waals surface area contributed by atoms with E-state index in [2.05, 4.69) is 5.10 Å². The number of aryl methyl sites for hydroxylation is 1. The maximum absolute atomic E-state index is 11.0. The first-order chi connectivity index (χ1) is 9.90. The molecule has 0 aliphatic rings. The van der Waals surface area contributed by atoms with Crippen LogP contribution in [0.15, 0.2) is 12.1 Å². The first-order valence-electron chi connectivity index (χ1n) is 6.09. The van der Waals surface area contributed by atoms with Crippen LogP contribution in [0.4, 0.5) is 0 Å². The average Bonchev–Trinajstić information content (AvgIpc) is 2.83. The lowest BCUT2D eigenvalue weighted by Gasteiger charge is -2.16. The molecule has 0 saturated carbocycles. The van der Waals surface area contributed by atoms with Crippen LogP contribution in [0.3, 0.4) is 0 Å². The molecule has 0 amide bonds. The molecule has 2 aromatic rings. The van der Waals surface area contributed by atoms with Gasteiger partial charge in [-0.2, -0.15) is 5.10 Å². The van der Waals surface area contributed by atoms with Gasteiger partial charge in [0.1, 0.15) is 0 Å². The zero-order valence-electron chi connectivity index (χ0n) is 12.1. The second-order valence-electron chi connectivity index (χ2n) is 4.44. The zero-order chi connectivity index (χ0) is 15.7. The Balaban J connectivity index is 2.74. The standard InChI is InChI=1S/C14H15ClN2O4/c1-7-9(15)5-8(13(21-4)12(7)20-3)11-6-10(14(18)19)16-17(11)2/h5-6H,1-4H3,(H,18,19). The molecule has 6 nitrogen and oxygen atoms in total. The van der Waals surface area contributed by atoms with E-state index >= 15 is 0 Å². The molecule has 112 valence electrons. The lowest BCUT2D eigenvalue weighted by Crippen LogP contribution is -2.01. The first-order valence-corrected chi connectivity index (χ1v) is 6.47. The molecule has 0 bridgehead atoms. The van der Waals surface area contributed by atoms with E-state index in [0.29, 0.717) is 27.8 Å². The number of methoxy groups -OCH3 is 2. The van der Waals surface area contributed by atoms with Crippen LogP contribution in [0.25, 0.3) is 11.3 Å². The van der Waals surface area contributed by atoms with Gasteiger partial charge in [-0.3, -0.25) is 4.68 Å².